The first kappa shape index (κ1) is 16.8. The van der Waals surface area contributed by atoms with Crippen molar-refractivity contribution < 1.29 is 23.0 Å². The zero-order chi connectivity index (χ0) is 15.8. The molecule has 1 aromatic rings. The number of ether oxygens (including phenoxy) is 2. The summed E-state index contributed by atoms with van der Waals surface area (Å²) in [6, 6.07) is 1.70. The molecule has 0 amide bonds. The fraction of sp³-hybridized carbons (Fsp3) is 0.286. The van der Waals surface area contributed by atoms with Gasteiger partial charge in [-0.2, -0.15) is 0 Å². The molecule has 0 spiro atoms. The van der Waals surface area contributed by atoms with E-state index in [1.165, 1.54) is 6.20 Å². The molecule has 0 saturated heterocycles. The average molecular weight is 298 g/mol. The van der Waals surface area contributed by atoms with E-state index >= 15 is 0 Å². The molecule has 0 heterocycles. The number of hydrogen-bond acceptors (Lipinski definition) is 5. The molecule has 1 atom stereocenters. The lowest BCUT2D eigenvalue weighted by molar-refractivity contribution is 0.0615. The molecule has 1 rings (SSSR count). The first-order valence-corrected chi connectivity index (χ1v) is 6.22. The lowest BCUT2D eigenvalue weighted by Gasteiger charge is -2.13. The summed E-state index contributed by atoms with van der Waals surface area (Å²) in [5, 5.41) is 9.93. The highest BCUT2D eigenvalue weighted by Crippen LogP contribution is 2.24. The molecule has 0 bridgehead atoms. The molecule has 1 aromatic carbocycles. The number of benzene rings is 1. The maximum absolute atomic E-state index is 13.6. The van der Waals surface area contributed by atoms with Gasteiger partial charge in [0.2, 0.25) is 0 Å². The minimum absolute atomic E-state index is 0.113. The van der Waals surface area contributed by atoms with Crippen LogP contribution in [-0.4, -0.2) is 25.3 Å². The summed E-state index contributed by atoms with van der Waals surface area (Å²) in [5.41, 5.74) is -0.138. The number of carbonyl (C=O) groups is 1. The van der Waals surface area contributed by atoms with Crippen molar-refractivity contribution in [2.24, 2.45) is 0 Å². The van der Waals surface area contributed by atoms with Crippen LogP contribution in [0, 0.1) is 17.0 Å². The van der Waals surface area contributed by atoms with Crippen LogP contribution in [0.3, 0.4) is 0 Å². The van der Waals surface area contributed by atoms with Gasteiger partial charge in [-0.1, -0.05) is 0 Å². The maximum atomic E-state index is 13.6. The Kier molecular flexibility index (Phi) is 6.48. The van der Waals surface area contributed by atoms with Crippen LogP contribution < -0.4 is 10.1 Å². The van der Waals surface area contributed by atoms with Gasteiger partial charge in [0.05, 0.1) is 6.21 Å². The van der Waals surface area contributed by atoms with Crippen molar-refractivity contribution in [3.8, 4) is 5.75 Å². The highest BCUT2D eigenvalue weighted by Gasteiger charge is 2.14. The summed E-state index contributed by atoms with van der Waals surface area (Å²) >= 11 is 0. The Morgan fingerprint density at radius 2 is 2.05 bits per heavy atom. The highest BCUT2D eigenvalue weighted by atomic mass is 19.1. The van der Waals surface area contributed by atoms with E-state index in [0.29, 0.717) is 12.9 Å². The molecule has 2 N–H and O–H groups in total. The lowest BCUT2D eigenvalue weighted by atomic mass is 10.2. The molecule has 0 aliphatic rings. The van der Waals surface area contributed by atoms with Gasteiger partial charge in [-0.3, -0.25) is 4.79 Å². The summed E-state index contributed by atoms with van der Waals surface area (Å²) < 4.78 is 37.5. The van der Waals surface area contributed by atoms with E-state index in [9.17, 15) is 13.6 Å². The minimum Gasteiger partial charge on any atom is -0.448 e. The zero-order valence-corrected chi connectivity index (χ0v) is 11.7. The fourth-order valence-electron chi connectivity index (χ4n) is 1.46. The Bertz CT molecular complexity index is 524. The largest absolute Gasteiger partial charge is 0.448 e. The van der Waals surface area contributed by atoms with Crippen molar-refractivity contribution in [3.05, 3.63) is 41.3 Å². The molecule has 0 saturated carbocycles. The van der Waals surface area contributed by atoms with Crippen LogP contribution in [0.4, 0.5) is 8.78 Å². The fourth-order valence-corrected chi connectivity index (χ4v) is 1.46. The van der Waals surface area contributed by atoms with Crippen LogP contribution in [0.5, 0.6) is 5.75 Å². The highest BCUT2D eigenvalue weighted by molar-refractivity contribution is 5.76. The Hall–Kier alpha value is -2.28. The van der Waals surface area contributed by atoms with E-state index in [4.69, 9.17) is 14.9 Å². The Balaban J connectivity index is 2.89. The number of hydrogen-bond donors (Lipinski definition) is 2. The van der Waals surface area contributed by atoms with Gasteiger partial charge in [-0.05, 0) is 26.0 Å². The number of allylic oxidation sites excluding steroid dienone is 1. The summed E-state index contributed by atoms with van der Waals surface area (Å²) in [6.45, 7) is 4.02. The van der Waals surface area contributed by atoms with Crippen LogP contribution in [0.2, 0.25) is 0 Å². The second-order valence-electron chi connectivity index (χ2n) is 3.99. The monoisotopic (exact) mass is 298 g/mol. The van der Waals surface area contributed by atoms with Crippen molar-refractivity contribution in [1.29, 1.82) is 5.41 Å². The number of halogens is 2. The van der Waals surface area contributed by atoms with Gasteiger partial charge in [-0.25, -0.2) is 8.78 Å². The molecular formula is C14H16F2N2O3. The Morgan fingerprint density at radius 1 is 1.43 bits per heavy atom. The molecule has 0 radical (unpaired) electrons. The Morgan fingerprint density at radius 3 is 2.52 bits per heavy atom. The quantitative estimate of drug-likeness (QED) is 0.335. The van der Waals surface area contributed by atoms with E-state index in [0.717, 1.165) is 18.3 Å². The molecule has 114 valence electrons. The zero-order valence-electron chi connectivity index (χ0n) is 11.7. The average Bonchev–Trinajstić information content (AvgIpc) is 2.46. The van der Waals surface area contributed by atoms with Crippen molar-refractivity contribution in [3.63, 3.8) is 0 Å². The molecule has 21 heavy (non-hydrogen) atoms. The van der Waals surface area contributed by atoms with Gasteiger partial charge < -0.3 is 20.2 Å². The van der Waals surface area contributed by atoms with Gasteiger partial charge >= 0.3 is 0 Å². The predicted molar refractivity (Wildman–Crippen MR) is 73.5 cm³/mol. The summed E-state index contributed by atoms with van der Waals surface area (Å²) in [6.07, 6.45) is 2.04. The van der Waals surface area contributed by atoms with Gasteiger partial charge in [0.25, 0.3) is 0 Å². The van der Waals surface area contributed by atoms with E-state index in [1.807, 2.05) is 6.92 Å². The van der Waals surface area contributed by atoms with Crippen LogP contribution in [0.1, 0.15) is 24.2 Å². The van der Waals surface area contributed by atoms with E-state index < -0.39 is 17.4 Å². The van der Waals surface area contributed by atoms with Gasteiger partial charge in [0.15, 0.2) is 23.1 Å². The first-order chi connectivity index (χ1) is 10.0. The topological polar surface area (TPSA) is 71.4 Å². The lowest BCUT2D eigenvalue weighted by Crippen LogP contribution is -2.24. The molecular weight excluding hydrogens is 282 g/mol. The third kappa shape index (κ3) is 4.96. The number of aldehydes is 1. The second kappa shape index (κ2) is 8.11. The summed E-state index contributed by atoms with van der Waals surface area (Å²) in [4.78, 5) is 10.5. The maximum Gasteiger partial charge on any atom is 0.198 e. The number of nitrogens with one attached hydrogen (secondary N) is 2. The van der Waals surface area contributed by atoms with Crippen LogP contribution in [0.15, 0.2) is 24.1 Å². The van der Waals surface area contributed by atoms with Crippen molar-refractivity contribution in [2.45, 2.75) is 20.1 Å². The molecule has 1 unspecified atom stereocenters. The van der Waals surface area contributed by atoms with Gasteiger partial charge in [0, 0.05) is 18.4 Å². The third-order valence-electron chi connectivity index (χ3n) is 2.40. The minimum atomic E-state index is -1.03. The molecule has 0 aliphatic heterocycles. The van der Waals surface area contributed by atoms with Gasteiger partial charge in [0.1, 0.15) is 12.5 Å². The SMILES string of the molecule is CCOC(C)N/C=C(\C=N)Oc1c(F)cc(C=O)cc1F. The molecule has 0 aliphatic carbocycles. The van der Waals surface area contributed by atoms with Crippen molar-refractivity contribution in [1.82, 2.24) is 5.32 Å². The third-order valence-corrected chi connectivity index (χ3v) is 2.40. The van der Waals surface area contributed by atoms with Crippen molar-refractivity contribution >= 4 is 12.5 Å². The number of carbonyl (C=O) groups excluding carboxylic acids is 1. The van der Waals surface area contributed by atoms with Crippen LogP contribution >= 0.6 is 0 Å². The van der Waals surface area contributed by atoms with E-state index in [2.05, 4.69) is 5.32 Å². The van der Waals surface area contributed by atoms with E-state index in [-0.39, 0.29) is 17.6 Å². The van der Waals surface area contributed by atoms with E-state index in [1.54, 1.807) is 6.92 Å². The molecule has 0 aromatic heterocycles. The summed E-state index contributed by atoms with van der Waals surface area (Å²) in [7, 11) is 0. The smallest absolute Gasteiger partial charge is 0.198 e. The normalized spacial score (nSPS) is 12.7. The summed E-state index contributed by atoms with van der Waals surface area (Å²) in [5.74, 6) is -2.84. The molecule has 7 heteroatoms. The van der Waals surface area contributed by atoms with Crippen LogP contribution in [-0.2, 0) is 4.74 Å². The van der Waals surface area contributed by atoms with Gasteiger partial charge in [-0.15, -0.1) is 0 Å². The number of rotatable bonds is 8. The standard InChI is InChI=1S/C14H16F2N2O3/c1-3-20-9(2)18-7-11(6-17)21-14-12(15)4-10(8-19)5-13(14)16/h4-9,17-18H,3H2,1-2H3/b11-7+,17-6?. The second-order valence-corrected chi connectivity index (χ2v) is 3.99. The first-order valence-electron chi connectivity index (χ1n) is 6.22. The Labute approximate surface area is 121 Å². The predicted octanol–water partition coefficient (Wildman–Crippen LogP) is 2.62. The molecule has 5 nitrogen and oxygen atoms in total. The van der Waals surface area contributed by atoms with Crippen molar-refractivity contribution in [2.75, 3.05) is 6.61 Å². The van der Waals surface area contributed by atoms with Crippen LogP contribution in [0.25, 0.3) is 0 Å². The molecule has 0 fully saturated rings.